The number of hydrogen-bond acceptors (Lipinski definition) is 2. The molecule has 0 amide bonds. The summed E-state index contributed by atoms with van der Waals surface area (Å²) in [5.74, 6) is 0. The molecule has 1 aromatic carbocycles. The van der Waals surface area contributed by atoms with E-state index in [1.54, 1.807) is 0 Å². The Kier molecular flexibility index (Phi) is 4.65. The second-order valence-electron chi connectivity index (χ2n) is 5.54. The first kappa shape index (κ1) is 13.4. The number of nitrogens with two attached hydrogens (primary N) is 1. The first-order valence-corrected chi connectivity index (χ1v) is 7.32. The molecule has 2 N–H and O–H groups in total. The molecule has 0 saturated carbocycles. The van der Waals surface area contributed by atoms with Gasteiger partial charge in [0, 0.05) is 24.3 Å². The van der Waals surface area contributed by atoms with E-state index in [-0.39, 0.29) is 6.04 Å². The Bertz CT molecular complexity index is 375. The van der Waals surface area contributed by atoms with E-state index in [4.69, 9.17) is 5.73 Å². The van der Waals surface area contributed by atoms with Crippen molar-refractivity contribution in [1.29, 1.82) is 0 Å². The fourth-order valence-electron chi connectivity index (χ4n) is 2.85. The fraction of sp³-hybridized carbons (Fsp3) is 0.625. The lowest BCUT2D eigenvalue weighted by Gasteiger charge is -2.37. The van der Waals surface area contributed by atoms with Crippen molar-refractivity contribution in [3.8, 4) is 0 Å². The normalized spacial score (nSPS) is 21.9. The van der Waals surface area contributed by atoms with Crippen LogP contribution in [-0.4, -0.2) is 18.6 Å². The van der Waals surface area contributed by atoms with Gasteiger partial charge in [-0.15, -0.1) is 0 Å². The van der Waals surface area contributed by atoms with E-state index in [9.17, 15) is 0 Å². The maximum Gasteiger partial charge on any atom is 0.0401 e. The van der Waals surface area contributed by atoms with Crippen LogP contribution in [0.15, 0.2) is 24.3 Å². The highest BCUT2D eigenvalue weighted by Crippen LogP contribution is 2.28. The quantitative estimate of drug-likeness (QED) is 0.883. The van der Waals surface area contributed by atoms with Crippen molar-refractivity contribution in [2.24, 2.45) is 5.73 Å². The lowest BCUT2D eigenvalue weighted by atomic mass is 9.98. The van der Waals surface area contributed by atoms with Crippen LogP contribution in [0.1, 0.15) is 45.1 Å². The van der Waals surface area contributed by atoms with E-state index < -0.39 is 0 Å². The molecule has 2 atom stereocenters. The standard InChI is InChI=1S/C16H26N2/c1-3-15(17)12-14-9-4-5-10-16(14)18-11-7-6-8-13(18)2/h4-5,9-10,13,15H,3,6-8,11-12,17H2,1-2H3. The van der Waals surface area contributed by atoms with Gasteiger partial charge in [-0.3, -0.25) is 0 Å². The van der Waals surface area contributed by atoms with Crippen LogP contribution in [0.5, 0.6) is 0 Å². The topological polar surface area (TPSA) is 29.3 Å². The minimum Gasteiger partial charge on any atom is -0.369 e. The molecule has 1 aromatic rings. The second-order valence-corrected chi connectivity index (χ2v) is 5.54. The molecule has 2 rings (SSSR count). The van der Waals surface area contributed by atoms with Crippen molar-refractivity contribution in [2.45, 2.75) is 58.0 Å². The van der Waals surface area contributed by atoms with Gasteiger partial charge in [-0.2, -0.15) is 0 Å². The van der Waals surface area contributed by atoms with E-state index in [0.29, 0.717) is 6.04 Å². The third-order valence-corrected chi connectivity index (χ3v) is 4.11. The zero-order valence-electron chi connectivity index (χ0n) is 11.7. The van der Waals surface area contributed by atoms with E-state index in [1.807, 2.05) is 0 Å². The van der Waals surface area contributed by atoms with Crippen LogP contribution in [0.3, 0.4) is 0 Å². The van der Waals surface area contributed by atoms with Crippen LogP contribution in [0, 0.1) is 0 Å². The molecule has 0 aromatic heterocycles. The Labute approximate surface area is 111 Å². The van der Waals surface area contributed by atoms with Crippen LogP contribution in [0.4, 0.5) is 5.69 Å². The van der Waals surface area contributed by atoms with E-state index in [1.165, 1.54) is 37.1 Å². The largest absolute Gasteiger partial charge is 0.369 e. The first-order chi connectivity index (χ1) is 8.72. The van der Waals surface area contributed by atoms with Gasteiger partial charge in [-0.25, -0.2) is 0 Å². The van der Waals surface area contributed by atoms with Gasteiger partial charge >= 0.3 is 0 Å². The summed E-state index contributed by atoms with van der Waals surface area (Å²) in [4.78, 5) is 2.57. The van der Waals surface area contributed by atoms with Gasteiger partial charge in [0.25, 0.3) is 0 Å². The Morgan fingerprint density at radius 2 is 2.11 bits per heavy atom. The highest BCUT2D eigenvalue weighted by molar-refractivity contribution is 5.55. The highest BCUT2D eigenvalue weighted by Gasteiger charge is 2.20. The molecule has 0 aliphatic carbocycles. The molecule has 1 fully saturated rings. The van der Waals surface area contributed by atoms with Crippen LogP contribution in [-0.2, 0) is 6.42 Å². The van der Waals surface area contributed by atoms with Crippen LogP contribution in [0.25, 0.3) is 0 Å². The zero-order chi connectivity index (χ0) is 13.0. The van der Waals surface area contributed by atoms with Gasteiger partial charge in [-0.05, 0) is 50.7 Å². The van der Waals surface area contributed by atoms with Gasteiger partial charge in [0.1, 0.15) is 0 Å². The number of rotatable bonds is 4. The maximum absolute atomic E-state index is 6.12. The van der Waals surface area contributed by atoms with Gasteiger partial charge in [0.2, 0.25) is 0 Å². The molecule has 2 heteroatoms. The molecule has 1 aliphatic rings. The first-order valence-electron chi connectivity index (χ1n) is 7.32. The predicted molar refractivity (Wildman–Crippen MR) is 79.1 cm³/mol. The minimum atomic E-state index is 0.284. The average molecular weight is 246 g/mol. The predicted octanol–water partition coefficient (Wildman–Crippen LogP) is 3.35. The lowest BCUT2D eigenvalue weighted by Crippen LogP contribution is -2.38. The summed E-state index contributed by atoms with van der Waals surface area (Å²) in [6.07, 6.45) is 6.04. The Hall–Kier alpha value is -1.02. The molecular formula is C16H26N2. The molecule has 2 unspecified atom stereocenters. The summed E-state index contributed by atoms with van der Waals surface area (Å²) in [7, 11) is 0. The molecule has 18 heavy (non-hydrogen) atoms. The number of piperidine rings is 1. The third-order valence-electron chi connectivity index (χ3n) is 4.11. The molecule has 0 radical (unpaired) electrons. The van der Waals surface area contributed by atoms with Crippen LogP contribution < -0.4 is 10.6 Å². The van der Waals surface area contributed by atoms with Crippen molar-refractivity contribution in [2.75, 3.05) is 11.4 Å². The summed E-state index contributed by atoms with van der Waals surface area (Å²) in [6, 6.07) is 9.74. The average Bonchev–Trinajstić information content (AvgIpc) is 2.40. The number of nitrogens with zero attached hydrogens (tertiary/aromatic N) is 1. The second kappa shape index (κ2) is 6.24. The molecule has 1 heterocycles. The molecule has 2 nitrogen and oxygen atoms in total. The minimum absolute atomic E-state index is 0.284. The molecule has 0 spiro atoms. The number of benzene rings is 1. The van der Waals surface area contributed by atoms with E-state index in [2.05, 4.69) is 43.0 Å². The highest BCUT2D eigenvalue weighted by atomic mass is 15.2. The van der Waals surface area contributed by atoms with Gasteiger partial charge in [0.05, 0.1) is 0 Å². The molecule has 1 saturated heterocycles. The Morgan fingerprint density at radius 3 is 2.83 bits per heavy atom. The summed E-state index contributed by atoms with van der Waals surface area (Å²) in [5.41, 5.74) is 8.95. The molecule has 1 aliphatic heterocycles. The summed E-state index contributed by atoms with van der Waals surface area (Å²) in [6.45, 7) is 5.70. The van der Waals surface area contributed by atoms with Crippen molar-refractivity contribution in [1.82, 2.24) is 0 Å². The zero-order valence-corrected chi connectivity index (χ0v) is 11.7. The summed E-state index contributed by atoms with van der Waals surface area (Å²) >= 11 is 0. The van der Waals surface area contributed by atoms with Crippen molar-refractivity contribution in [3.05, 3.63) is 29.8 Å². The van der Waals surface area contributed by atoms with Gasteiger partial charge in [0.15, 0.2) is 0 Å². The SMILES string of the molecule is CCC(N)Cc1ccccc1N1CCCCC1C. The number of hydrogen-bond donors (Lipinski definition) is 1. The van der Waals surface area contributed by atoms with Gasteiger partial charge in [-0.1, -0.05) is 25.1 Å². The maximum atomic E-state index is 6.12. The Balaban J connectivity index is 2.20. The molecule has 0 bridgehead atoms. The van der Waals surface area contributed by atoms with Crippen LogP contribution >= 0.6 is 0 Å². The Morgan fingerprint density at radius 1 is 1.33 bits per heavy atom. The van der Waals surface area contributed by atoms with E-state index >= 15 is 0 Å². The van der Waals surface area contributed by atoms with Crippen molar-refractivity contribution < 1.29 is 0 Å². The third kappa shape index (κ3) is 3.05. The smallest absolute Gasteiger partial charge is 0.0401 e. The van der Waals surface area contributed by atoms with Gasteiger partial charge < -0.3 is 10.6 Å². The van der Waals surface area contributed by atoms with Crippen LogP contribution in [0.2, 0.25) is 0 Å². The monoisotopic (exact) mass is 246 g/mol. The lowest BCUT2D eigenvalue weighted by molar-refractivity contribution is 0.483. The molecular weight excluding hydrogens is 220 g/mol. The number of para-hydroxylation sites is 1. The molecule has 100 valence electrons. The summed E-state index contributed by atoms with van der Waals surface area (Å²) < 4.78 is 0. The van der Waals surface area contributed by atoms with Crippen molar-refractivity contribution in [3.63, 3.8) is 0 Å². The number of anilines is 1. The van der Waals surface area contributed by atoms with Crippen molar-refractivity contribution >= 4 is 5.69 Å². The summed E-state index contributed by atoms with van der Waals surface area (Å²) in [5, 5.41) is 0. The van der Waals surface area contributed by atoms with E-state index in [0.717, 1.165) is 12.8 Å². The fourth-order valence-corrected chi connectivity index (χ4v) is 2.85.